The molecule has 10 nitrogen and oxygen atoms in total. The van der Waals surface area contributed by atoms with Gasteiger partial charge in [0.15, 0.2) is 0 Å². The zero-order chi connectivity index (χ0) is 39.9. The lowest BCUT2D eigenvalue weighted by Gasteiger charge is -2.10. The molecule has 0 saturated heterocycles. The highest BCUT2D eigenvalue weighted by molar-refractivity contribution is 5.93. The summed E-state index contributed by atoms with van der Waals surface area (Å²) in [6.45, 7) is 8.11. The Hall–Kier alpha value is -6.26. The first kappa shape index (κ1) is 40.9. The molecular weight excluding hydrogens is 701 g/mol. The Labute approximate surface area is 328 Å². The quantitative estimate of drug-likeness (QED) is 0.0744. The molecule has 4 aromatic rings. The fourth-order valence-electron chi connectivity index (χ4n) is 6.15. The number of fused-ring (bicyclic) bond motifs is 2. The summed E-state index contributed by atoms with van der Waals surface area (Å²) in [5, 5.41) is 15.6. The SMILES string of the molecule is CCCCC(=O)Nc1cc(C#Cc2cccc3c2=c2c(C#Cc4cc(NC(=O)CCCC)nc(NC(=O)CCCC)c4)cccc2=3)cc(NC(=O)CCCC)n1. The van der Waals surface area contributed by atoms with E-state index in [4.69, 9.17) is 0 Å². The van der Waals surface area contributed by atoms with Crippen LogP contribution in [0.5, 0.6) is 0 Å². The lowest BCUT2D eigenvalue weighted by Crippen LogP contribution is -2.15. The number of benzene rings is 2. The van der Waals surface area contributed by atoms with Crippen LogP contribution in [0.15, 0.2) is 60.7 Å². The normalized spacial score (nSPS) is 10.6. The third-order valence-electron chi connectivity index (χ3n) is 9.10. The number of nitrogens with one attached hydrogen (secondary N) is 4. The molecule has 5 rings (SSSR count). The lowest BCUT2D eigenvalue weighted by atomic mass is 9.94. The molecule has 4 N–H and O–H groups in total. The van der Waals surface area contributed by atoms with Crippen LogP contribution in [0.3, 0.4) is 0 Å². The Morgan fingerprint density at radius 3 is 1.05 bits per heavy atom. The number of nitrogens with zero attached hydrogens (tertiary/aromatic N) is 2. The number of amides is 4. The Bertz CT molecular complexity index is 2190. The van der Waals surface area contributed by atoms with Crippen LogP contribution in [-0.4, -0.2) is 33.6 Å². The van der Waals surface area contributed by atoms with Crippen LogP contribution in [-0.2, 0) is 19.2 Å². The van der Waals surface area contributed by atoms with Crippen LogP contribution in [0.2, 0.25) is 0 Å². The first-order valence-electron chi connectivity index (χ1n) is 19.8. The van der Waals surface area contributed by atoms with E-state index in [1.807, 2.05) is 52.0 Å². The highest BCUT2D eigenvalue weighted by atomic mass is 16.2. The van der Waals surface area contributed by atoms with E-state index in [0.29, 0.717) is 60.1 Å². The molecule has 0 radical (unpaired) electrons. The average molecular weight is 751 g/mol. The maximum absolute atomic E-state index is 12.6. The smallest absolute Gasteiger partial charge is 0.225 e. The largest absolute Gasteiger partial charge is 0.311 e. The molecule has 0 unspecified atom stereocenters. The van der Waals surface area contributed by atoms with Crippen molar-refractivity contribution in [2.75, 3.05) is 21.3 Å². The van der Waals surface area contributed by atoms with Crippen LogP contribution in [0.4, 0.5) is 23.3 Å². The van der Waals surface area contributed by atoms with Crippen LogP contribution in [0, 0.1) is 44.6 Å². The van der Waals surface area contributed by atoms with Gasteiger partial charge in [0.25, 0.3) is 0 Å². The Morgan fingerprint density at radius 1 is 0.464 bits per heavy atom. The molecule has 0 bridgehead atoms. The fourth-order valence-corrected chi connectivity index (χ4v) is 6.15. The molecule has 0 atom stereocenters. The summed E-state index contributed by atoms with van der Waals surface area (Å²) < 4.78 is 0. The standard InChI is InChI=1S/C46H50N6O4/c1-5-9-19-41(53)49-37-27-31(28-38(47-37)50-42(54)20-10-6-2)23-25-33-15-13-17-35-36-18-14-16-34(46(36)45(33)35)26-24-32-29-39(51-43(55)21-11-7-3)48-40(30-32)52-44(56)22-12-8-4/h13-18,27-30H,5-12,19-22H2,1-4H3,(H2,47,49,50,53,54)(H2,48,51,52,55,56). The van der Waals surface area contributed by atoms with Crippen molar-refractivity contribution in [3.05, 3.63) is 104 Å². The van der Waals surface area contributed by atoms with Crippen molar-refractivity contribution in [3.8, 4) is 23.7 Å². The van der Waals surface area contributed by atoms with Crippen molar-refractivity contribution in [2.24, 2.45) is 0 Å². The van der Waals surface area contributed by atoms with E-state index < -0.39 is 0 Å². The van der Waals surface area contributed by atoms with E-state index in [-0.39, 0.29) is 23.6 Å². The van der Waals surface area contributed by atoms with Crippen LogP contribution in [0.1, 0.15) is 127 Å². The maximum atomic E-state index is 12.6. The molecule has 0 spiro atoms. The minimum atomic E-state index is -0.143. The van der Waals surface area contributed by atoms with Gasteiger partial charge in [-0.3, -0.25) is 19.2 Å². The zero-order valence-corrected chi connectivity index (χ0v) is 32.8. The van der Waals surface area contributed by atoms with E-state index >= 15 is 0 Å². The molecule has 288 valence electrons. The summed E-state index contributed by atoms with van der Waals surface area (Å²) in [6, 6.07) is 18.9. The molecule has 0 saturated carbocycles. The molecule has 2 aromatic carbocycles. The fraction of sp³-hybridized carbons (Fsp3) is 0.348. The van der Waals surface area contributed by atoms with Gasteiger partial charge >= 0.3 is 0 Å². The van der Waals surface area contributed by atoms with E-state index in [1.165, 1.54) is 0 Å². The van der Waals surface area contributed by atoms with Crippen molar-refractivity contribution in [2.45, 2.75) is 105 Å². The highest BCUT2D eigenvalue weighted by Gasteiger charge is 2.12. The van der Waals surface area contributed by atoms with Crippen molar-refractivity contribution < 1.29 is 19.2 Å². The van der Waals surface area contributed by atoms with E-state index in [0.717, 1.165) is 83.4 Å². The van der Waals surface area contributed by atoms with Gasteiger partial charge in [-0.15, -0.1) is 0 Å². The summed E-state index contributed by atoms with van der Waals surface area (Å²) in [4.78, 5) is 59.3. The predicted molar refractivity (Wildman–Crippen MR) is 221 cm³/mol. The van der Waals surface area contributed by atoms with E-state index in [2.05, 4.69) is 67.0 Å². The molecule has 4 amide bonds. The Morgan fingerprint density at radius 2 is 0.768 bits per heavy atom. The van der Waals surface area contributed by atoms with E-state index in [9.17, 15) is 19.2 Å². The summed E-state index contributed by atoms with van der Waals surface area (Å²) in [5.41, 5.74) is 2.80. The minimum Gasteiger partial charge on any atom is -0.311 e. The van der Waals surface area contributed by atoms with Gasteiger partial charge in [-0.05, 0) is 72.5 Å². The number of unbranched alkanes of at least 4 members (excludes halogenated alkanes) is 4. The van der Waals surface area contributed by atoms with Gasteiger partial charge in [-0.2, -0.15) is 0 Å². The van der Waals surface area contributed by atoms with Gasteiger partial charge in [0, 0.05) is 58.4 Å². The van der Waals surface area contributed by atoms with Crippen LogP contribution >= 0.6 is 0 Å². The first-order valence-corrected chi connectivity index (χ1v) is 19.8. The van der Waals surface area contributed by atoms with Gasteiger partial charge in [0.05, 0.1) is 0 Å². The number of anilines is 4. The van der Waals surface area contributed by atoms with Crippen molar-refractivity contribution in [3.63, 3.8) is 0 Å². The van der Waals surface area contributed by atoms with Gasteiger partial charge in [0.2, 0.25) is 23.6 Å². The topological polar surface area (TPSA) is 142 Å². The minimum absolute atomic E-state index is 0.143. The molecule has 0 aliphatic heterocycles. The number of aromatic nitrogens is 2. The summed E-state index contributed by atoms with van der Waals surface area (Å²) in [5.74, 6) is 13.9. The molecule has 56 heavy (non-hydrogen) atoms. The van der Waals surface area contributed by atoms with Crippen LogP contribution in [0.25, 0.3) is 0 Å². The first-order chi connectivity index (χ1) is 27.2. The maximum Gasteiger partial charge on any atom is 0.225 e. The molecule has 1 aliphatic carbocycles. The third kappa shape index (κ3) is 11.4. The van der Waals surface area contributed by atoms with Crippen LogP contribution < -0.4 is 21.3 Å². The Kier molecular flexibility index (Phi) is 14.9. The van der Waals surface area contributed by atoms with Crippen molar-refractivity contribution >= 4 is 46.9 Å². The lowest BCUT2D eigenvalue weighted by molar-refractivity contribution is -0.117. The molecule has 10 heteroatoms. The summed E-state index contributed by atoms with van der Waals surface area (Å²) in [6.07, 6.45) is 8.14. The second kappa shape index (κ2) is 20.4. The Balaban J connectivity index is 1.52. The monoisotopic (exact) mass is 750 g/mol. The van der Waals surface area contributed by atoms with Crippen molar-refractivity contribution in [1.29, 1.82) is 0 Å². The third-order valence-corrected chi connectivity index (χ3v) is 9.10. The summed E-state index contributed by atoms with van der Waals surface area (Å²) in [7, 11) is 0. The number of carbonyl (C=O) groups excluding carboxylic acids is 4. The number of carbonyl (C=O) groups is 4. The summed E-state index contributed by atoms with van der Waals surface area (Å²) >= 11 is 0. The number of rotatable bonds is 16. The van der Waals surface area contributed by atoms with E-state index in [1.54, 1.807) is 24.3 Å². The predicted octanol–water partition coefficient (Wildman–Crippen LogP) is 8.68. The molecular formula is C46H50N6O4. The molecule has 1 aliphatic rings. The number of pyridine rings is 2. The van der Waals surface area contributed by atoms with Crippen molar-refractivity contribution in [1.82, 2.24) is 9.97 Å². The molecule has 2 heterocycles. The second-order valence-electron chi connectivity index (χ2n) is 13.8. The number of hydrogen-bond acceptors (Lipinski definition) is 6. The van der Waals surface area contributed by atoms with Gasteiger partial charge in [-0.25, -0.2) is 9.97 Å². The molecule has 0 fully saturated rings. The molecule has 2 aromatic heterocycles. The van der Waals surface area contributed by atoms with Gasteiger partial charge in [-0.1, -0.05) is 101 Å². The number of hydrogen-bond donors (Lipinski definition) is 4. The van der Waals surface area contributed by atoms with Gasteiger partial charge < -0.3 is 21.3 Å². The average Bonchev–Trinajstić information content (AvgIpc) is 3.17. The van der Waals surface area contributed by atoms with Gasteiger partial charge in [0.1, 0.15) is 23.3 Å². The zero-order valence-electron chi connectivity index (χ0n) is 32.8. The highest BCUT2D eigenvalue weighted by Crippen LogP contribution is 2.21. The second-order valence-corrected chi connectivity index (χ2v) is 13.8.